The lowest BCUT2D eigenvalue weighted by Gasteiger charge is -2.39. The van der Waals surface area contributed by atoms with Crippen LogP contribution in [0.25, 0.3) is 0 Å². The number of ether oxygens (including phenoxy) is 1. The number of aliphatic hydroxyl groups excluding tert-OH is 1. The molecule has 1 spiro atoms. The van der Waals surface area contributed by atoms with E-state index in [0.29, 0.717) is 30.1 Å². The molecule has 3 fully saturated rings. The van der Waals surface area contributed by atoms with Crippen molar-refractivity contribution in [3.8, 4) is 0 Å². The number of fused-ring (bicyclic) bond motifs is 1. The Balaban J connectivity index is 1.80. The average molecular weight is 585 g/mol. The molecule has 198 valence electrons. The van der Waals surface area contributed by atoms with E-state index in [9.17, 15) is 19.5 Å². The van der Waals surface area contributed by atoms with E-state index in [1.807, 2.05) is 33.8 Å². The van der Waals surface area contributed by atoms with Crippen molar-refractivity contribution in [2.45, 2.75) is 75.6 Å². The first-order valence-electron chi connectivity index (χ1n) is 12.7. The van der Waals surface area contributed by atoms with Crippen molar-refractivity contribution in [3.63, 3.8) is 0 Å². The SMILES string of the molecule is CCCNC(=O)[C@H]1[C@H]2C(=O)N([C@@H](CO)[C@@H](C)CC)C(C(=O)Nc3c(C)cccc3Cl)C23CC(Br)[C@@H]1O3. The average Bonchev–Trinajstić information content (AvgIpc) is 3.44. The van der Waals surface area contributed by atoms with Gasteiger partial charge in [-0.1, -0.05) is 66.9 Å². The van der Waals surface area contributed by atoms with Crippen LogP contribution in [0.2, 0.25) is 5.02 Å². The topological polar surface area (TPSA) is 108 Å². The number of nitrogens with one attached hydrogen (secondary N) is 2. The molecular formula is C26H35BrClN3O5. The summed E-state index contributed by atoms with van der Waals surface area (Å²) < 4.78 is 6.50. The molecule has 0 radical (unpaired) electrons. The zero-order valence-corrected chi connectivity index (χ0v) is 23.4. The third-order valence-electron chi connectivity index (χ3n) is 8.14. The maximum atomic E-state index is 14.1. The number of aliphatic hydroxyl groups is 1. The first kappa shape index (κ1) is 27.4. The van der Waals surface area contributed by atoms with Gasteiger partial charge >= 0.3 is 0 Å². The molecule has 36 heavy (non-hydrogen) atoms. The maximum absolute atomic E-state index is 14.1. The van der Waals surface area contributed by atoms with Crippen molar-refractivity contribution in [3.05, 3.63) is 28.8 Å². The van der Waals surface area contributed by atoms with Crippen LogP contribution in [0.4, 0.5) is 5.69 Å². The number of nitrogens with zero attached hydrogens (tertiary/aromatic N) is 1. The Morgan fingerprint density at radius 2 is 2.06 bits per heavy atom. The fourth-order valence-corrected chi connectivity index (χ4v) is 7.40. The van der Waals surface area contributed by atoms with E-state index in [1.165, 1.54) is 4.90 Å². The van der Waals surface area contributed by atoms with Gasteiger partial charge in [-0.25, -0.2) is 0 Å². The number of hydrogen-bond acceptors (Lipinski definition) is 5. The van der Waals surface area contributed by atoms with Gasteiger partial charge in [-0.3, -0.25) is 14.4 Å². The van der Waals surface area contributed by atoms with Crippen molar-refractivity contribution >= 4 is 50.9 Å². The van der Waals surface area contributed by atoms with E-state index >= 15 is 0 Å². The summed E-state index contributed by atoms with van der Waals surface area (Å²) in [6.45, 7) is 7.93. The minimum absolute atomic E-state index is 0.0733. The zero-order chi connectivity index (χ0) is 26.4. The second-order valence-electron chi connectivity index (χ2n) is 10.3. The van der Waals surface area contributed by atoms with Crippen LogP contribution in [0, 0.1) is 24.7 Å². The zero-order valence-electron chi connectivity index (χ0n) is 21.1. The molecule has 0 aromatic heterocycles. The molecule has 0 aliphatic carbocycles. The summed E-state index contributed by atoms with van der Waals surface area (Å²) in [6.07, 6.45) is 1.35. The molecular weight excluding hydrogens is 550 g/mol. The monoisotopic (exact) mass is 583 g/mol. The molecule has 3 amide bonds. The first-order valence-corrected chi connectivity index (χ1v) is 14.0. The number of benzene rings is 1. The minimum Gasteiger partial charge on any atom is -0.394 e. The molecule has 3 aliphatic heterocycles. The number of halogens is 2. The van der Waals surface area contributed by atoms with E-state index in [1.54, 1.807) is 12.1 Å². The fourth-order valence-electron chi connectivity index (χ4n) is 6.19. The highest BCUT2D eigenvalue weighted by Crippen LogP contribution is 2.60. The molecule has 1 aromatic rings. The second kappa shape index (κ2) is 10.6. The van der Waals surface area contributed by atoms with Crippen molar-refractivity contribution in [2.75, 3.05) is 18.5 Å². The largest absolute Gasteiger partial charge is 0.394 e. The highest BCUT2D eigenvalue weighted by Gasteiger charge is 2.77. The number of amides is 3. The van der Waals surface area contributed by atoms with Gasteiger partial charge in [0.25, 0.3) is 0 Å². The molecule has 3 saturated heterocycles. The van der Waals surface area contributed by atoms with Crippen LogP contribution in [0.5, 0.6) is 0 Å². The summed E-state index contributed by atoms with van der Waals surface area (Å²) >= 11 is 10.1. The molecule has 10 heteroatoms. The number of hydrogen-bond donors (Lipinski definition) is 3. The van der Waals surface area contributed by atoms with Gasteiger partial charge in [0.1, 0.15) is 11.6 Å². The van der Waals surface area contributed by atoms with Gasteiger partial charge in [-0.15, -0.1) is 0 Å². The summed E-state index contributed by atoms with van der Waals surface area (Å²) in [5.41, 5.74) is 0.0680. The number of rotatable bonds is 9. The number of carbonyl (C=O) groups is 3. The summed E-state index contributed by atoms with van der Waals surface area (Å²) in [5, 5.41) is 16.6. The second-order valence-corrected chi connectivity index (χ2v) is 11.8. The highest BCUT2D eigenvalue weighted by atomic mass is 79.9. The normalized spacial score (nSPS) is 32.4. The minimum atomic E-state index is -1.19. The van der Waals surface area contributed by atoms with Gasteiger partial charge in [0.05, 0.1) is 41.3 Å². The van der Waals surface area contributed by atoms with E-state index in [2.05, 4.69) is 26.6 Å². The molecule has 0 saturated carbocycles. The Labute approximate surface area is 225 Å². The molecule has 3 aliphatic rings. The summed E-state index contributed by atoms with van der Waals surface area (Å²) in [5.74, 6) is -2.59. The Morgan fingerprint density at radius 1 is 1.33 bits per heavy atom. The molecule has 3 heterocycles. The van der Waals surface area contributed by atoms with E-state index in [0.717, 1.165) is 12.0 Å². The van der Waals surface area contributed by atoms with Crippen LogP contribution in [-0.4, -0.2) is 69.5 Å². The lowest BCUT2D eigenvalue weighted by molar-refractivity contribution is -0.145. The van der Waals surface area contributed by atoms with Gasteiger partial charge in [-0.2, -0.15) is 0 Å². The molecule has 8 nitrogen and oxygen atoms in total. The van der Waals surface area contributed by atoms with E-state index in [4.69, 9.17) is 16.3 Å². The predicted molar refractivity (Wildman–Crippen MR) is 141 cm³/mol. The first-order chi connectivity index (χ1) is 17.1. The van der Waals surface area contributed by atoms with Crippen molar-refractivity contribution in [1.82, 2.24) is 10.2 Å². The molecule has 3 unspecified atom stereocenters. The van der Waals surface area contributed by atoms with Crippen LogP contribution in [0.15, 0.2) is 18.2 Å². The molecule has 3 N–H and O–H groups in total. The summed E-state index contributed by atoms with van der Waals surface area (Å²) in [7, 11) is 0. The predicted octanol–water partition coefficient (Wildman–Crippen LogP) is 3.27. The van der Waals surface area contributed by atoms with E-state index in [-0.39, 0.29) is 29.2 Å². The van der Waals surface area contributed by atoms with Gasteiger partial charge in [0.15, 0.2) is 0 Å². The fraction of sp³-hybridized carbons (Fsp3) is 0.654. The Kier molecular flexibility index (Phi) is 8.05. The van der Waals surface area contributed by atoms with Crippen LogP contribution in [0.3, 0.4) is 0 Å². The van der Waals surface area contributed by atoms with Crippen LogP contribution in [-0.2, 0) is 19.1 Å². The summed E-state index contributed by atoms with van der Waals surface area (Å²) in [6, 6.07) is 3.72. The Hall–Kier alpha value is -1.68. The van der Waals surface area contributed by atoms with Gasteiger partial charge < -0.3 is 25.4 Å². The van der Waals surface area contributed by atoms with E-state index < -0.39 is 41.5 Å². The standard InChI is InChI=1S/C26H35BrClN3O5/c1-5-10-29-23(33)18-19-25(35)31(17(12-32)13(3)6-2)22(26(19)11-15(27)21(18)36-26)24(34)30-20-14(4)8-7-9-16(20)28/h7-9,13,15,17-19,21-22,32H,5-6,10-12H2,1-4H3,(H,29,33)(H,30,34)/t13-,15?,17-,18-,19-,21-,22?,26?/m0/s1. The third kappa shape index (κ3) is 4.25. The highest BCUT2D eigenvalue weighted by molar-refractivity contribution is 9.09. The molecule has 8 atom stereocenters. The smallest absolute Gasteiger partial charge is 0.250 e. The van der Waals surface area contributed by atoms with Crippen LogP contribution >= 0.6 is 27.5 Å². The Morgan fingerprint density at radius 3 is 2.67 bits per heavy atom. The number of para-hydroxylation sites is 1. The lowest BCUT2D eigenvalue weighted by Crippen LogP contribution is -2.57. The third-order valence-corrected chi connectivity index (χ3v) is 9.30. The molecule has 4 rings (SSSR count). The number of aryl methyl sites for hydroxylation is 1. The number of alkyl halides is 1. The van der Waals surface area contributed by atoms with Crippen LogP contribution in [0.1, 0.15) is 45.6 Å². The van der Waals surface area contributed by atoms with Crippen LogP contribution < -0.4 is 10.6 Å². The Bertz CT molecular complexity index is 1020. The lowest BCUT2D eigenvalue weighted by atomic mass is 9.70. The van der Waals surface area contributed by atoms with Crippen molar-refractivity contribution in [2.24, 2.45) is 17.8 Å². The molecule has 2 bridgehead atoms. The maximum Gasteiger partial charge on any atom is 0.250 e. The number of carbonyl (C=O) groups excluding carboxylic acids is 3. The van der Waals surface area contributed by atoms with Gasteiger partial charge in [0.2, 0.25) is 17.7 Å². The quantitative estimate of drug-likeness (QED) is 0.386. The number of likely N-dealkylation sites (tertiary alicyclic amines) is 1. The summed E-state index contributed by atoms with van der Waals surface area (Å²) in [4.78, 5) is 42.7. The number of anilines is 1. The molecule has 1 aromatic carbocycles. The van der Waals surface area contributed by atoms with Gasteiger partial charge in [-0.05, 0) is 37.3 Å². The van der Waals surface area contributed by atoms with Gasteiger partial charge in [0, 0.05) is 11.4 Å². The van der Waals surface area contributed by atoms with Crippen molar-refractivity contribution in [1.29, 1.82) is 0 Å². The van der Waals surface area contributed by atoms with Crippen molar-refractivity contribution < 1.29 is 24.2 Å².